The number of carbonyl (C=O) groups is 1. The molecule has 18 heavy (non-hydrogen) atoms. The van der Waals surface area contributed by atoms with Gasteiger partial charge in [0.25, 0.3) is 0 Å². The van der Waals surface area contributed by atoms with Crippen LogP contribution in [0.2, 0.25) is 0 Å². The van der Waals surface area contributed by atoms with E-state index in [1.807, 2.05) is 26.8 Å². The van der Waals surface area contributed by atoms with Crippen molar-refractivity contribution in [2.45, 2.75) is 33.2 Å². The Labute approximate surface area is 108 Å². The van der Waals surface area contributed by atoms with Gasteiger partial charge in [-0.05, 0) is 30.5 Å². The van der Waals surface area contributed by atoms with Gasteiger partial charge in [0, 0.05) is 18.2 Å². The Bertz CT molecular complexity index is 474. The molecule has 0 radical (unpaired) electrons. The summed E-state index contributed by atoms with van der Waals surface area (Å²) in [5.41, 5.74) is 7.99. The van der Waals surface area contributed by atoms with Gasteiger partial charge in [-0.1, -0.05) is 19.9 Å². The van der Waals surface area contributed by atoms with Crippen LogP contribution in [-0.2, 0) is 4.79 Å². The van der Waals surface area contributed by atoms with E-state index in [2.05, 4.69) is 11.4 Å². The number of hydrogen-bond donors (Lipinski definition) is 2. The molecule has 0 aromatic heterocycles. The van der Waals surface area contributed by atoms with Gasteiger partial charge in [-0.2, -0.15) is 5.26 Å². The third kappa shape index (κ3) is 3.86. The van der Waals surface area contributed by atoms with Crippen molar-refractivity contribution in [3.8, 4) is 6.07 Å². The van der Waals surface area contributed by atoms with Crippen molar-refractivity contribution in [2.75, 3.05) is 5.32 Å². The number of amides is 1. The van der Waals surface area contributed by atoms with E-state index in [0.29, 0.717) is 11.3 Å². The lowest BCUT2D eigenvalue weighted by atomic mass is 10.0. The van der Waals surface area contributed by atoms with E-state index in [9.17, 15) is 4.79 Å². The summed E-state index contributed by atoms with van der Waals surface area (Å²) in [5, 5.41) is 11.6. The Morgan fingerprint density at radius 1 is 1.50 bits per heavy atom. The highest BCUT2D eigenvalue weighted by Crippen LogP contribution is 2.17. The third-order valence-electron chi connectivity index (χ3n) is 2.92. The van der Waals surface area contributed by atoms with Crippen LogP contribution in [0.3, 0.4) is 0 Å². The molecule has 96 valence electrons. The van der Waals surface area contributed by atoms with Crippen LogP contribution in [-0.4, -0.2) is 11.9 Å². The number of hydrogen-bond acceptors (Lipinski definition) is 3. The van der Waals surface area contributed by atoms with Crippen LogP contribution >= 0.6 is 0 Å². The quantitative estimate of drug-likeness (QED) is 0.853. The standard InChI is InChI=1S/C14H19N3O/c1-9(2)12(16)7-14(18)17-13-6-11(8-15)5-4-10(13)3/h4-6,9,12H,7,16H2,1-3H3,(H,17,18). The molecule has 0 saturated carbocycles. The number of nitriles is 1. The molecule has 0 spiro atoms. The number of rotatable bonds is 4. The van der Waals surface area contributed by atoms with Crippen molar-refractivity contribution < 1.29 is 4.79 Å². The van der Waals surface area contributed by atoms with Gasteiger partial charge < -0.3 is 11.1 Å². The van der Waals surface area contributed by atoms with Crippen molar-refractivity contribution in [1.29, 1.82) is 5.26 Å². The maximum atomic E-state index is 11.8. The Morgan fingerprint density at radius 2 is 2.17 bits per heavy atom. The molecular weight excluding hydrogens is 226 g/mol. The Hall–Kier alpha value is -1.86. The van der Waals surface area contributed by atoms with E-state index < -0.39 is 0 Å². The normalized spacial score (nSPS) is 12.0. The van der Waals surface area contributed by atoms with Crippen molar-refractivity contribution in [3.63, 3.8) is 0 Å². The molecule has 0 bridgehead atoms. The molecule has 1 rings (SSSR count). The van der Waals surface area contributed by atoms with Gasteiger partial charge in [0.2, 0.25) is 5.91 Å². The van der Waals surface area contributed by atoms with Gasteiger partial charge in [0.05, 0.1) is 11.6 Å². The first-order valence-corrected chi connectivity index (χ1v) is 6.00. The molecule has 0 fully saturated rings. The minimum Gasteiger partial charge on any atom is -0.327 e. The largest absolute Gasteiger partial charge is 0.327 e. The summed E-state index contributed by atoms with van der Waals surface area (Å²) in [6.45, 7) is 5.86. The molecule has 1 aromatic rings. The third-order valence-corrected chi connectivity index (χ3v) is 2.92. The molecule has 1 aromatic carbocycles. The van der Waals surface area contributed by atoms with Crippen LogP contribution in [0.5, 0.6) is 0 Å². The van der Waals surface area contributed by atoms with Gasteiger partial charge >= 0.3 is 0 Å². The molecule has 4 nitrogen and oxygen atoms in total. The van der Waals surface area contributed by atoms with E-state index in [0.717, 1.165) is 5.56 Å². The number of anilines is 1. The molecule has 1 atom stereocenters. The molecule has 0 aliphatic carbocycles. The van der Waals surface area contributed by atoms with E-state index in [4.69, 9.17) is 11.0 Å². The molecule has 0 aliphatic heterocycles. The van der Waals surface area contributed by atoms with E-state index in [1.165, 1.54) is 0 Å². The van der Waals surface area contributed by atoms with Crippen molar-refractivity contribution in [2.24, 2.45) is 11.7 Å². The Morgan fingerprint density at radius 3 is 2.72 bits per heavy atom. The first-order chi connectivity index (χ1) is 8.43. The molecule has 1 amide bonds. The topological polar surface area (TPSA) is 78.9 Å². The number of benzene rings is 1. The maximum Gasteiger partial charge on any atom is 0.225 e. The van der Waals surface area contributed by atoms with Crippen molar-refractivity contribution >= 4 is 11.6 Å². The van der Waals surface area contributed by atoms with Crippen LogP contribution in [0, 0.1) is 24.2 Å². The second-order valence-corrected chi connectivity index (χ2v) is 4.80. The summed E-state index contributed by atoms with van der Waals surface area (Å²) in [7, 11) is 0. The summed E-state index contributed by atoms with van der Waals surface area (Å²) >= 11 is 0. The lowest BCUT2D eigenvalue weighted by Crippen LogP contribution is -2.31. The molecule has 4 heteroatoms. The number of nitrogens with one attached hydrogen (secondary N) is 1. The highest BCUT2D eigenvalue weighted by molar-refractivity contribution is 5.92. The van der Waals surface area contributed by atoms with E-state index >= 15 is 0 Å². The molecule has 0 heterocycles. The molecular formula is C14H19N3O. The predicted molar refractivity (Wildman–Crippen MR) is 72.0 cm³/mol. The zero-order valence-electron chi connectivity index (χ0n) is 11.0. The lowest BCUT2D eigenvalue weighted by molar-refractivity contribution is -0.116. The summed E-state index contributed by atoms with van der Waals surface area (Å²) in [5.74, 6) is 0.150. The van der Waals surface area contributed by atoms with Crippen LogP contribution in [0.15, 0.2) is 18.2 Å². The average molecular weight is 245 g/mol. The number of carbonyl (C=O) groups excluding carboxylic acids is 1. The Kier molecular flexibility index (Phi) is 4.87. The highest BCUT2D eigenvalue weighted by Gasteiger charge is 2.13. The smallest absolute Gasteiger partial charge is 0.225 e. The summed E-state index contributed by atoms with van der Waals surface area (Å²) in [4.78, 5) is 11.8. The molecule has 3 N–H and O–H groups in total. The van der Waals surface area contributed by atoms with Crippen LogP contribution < -0.4 is 11.1 Å². The first kappa shape index (κ1) is 14.2. The predicted octanol–water partition coefficient (Wildman–Crippen LogP) is 2.18. The van der Waals surface area contributed by atoms with E-state index in [-0.39, 0.29) is 24.3 Å². The van der Waals surface area contributed by atoms with Crippen LogP contribution in [0.4, 0.5) is 5.69 Å². The van der Waals surface area contributed by atoms with E-state index in [1.54, 1.807) is 12.1 Å². The zero-order chi connectivity index (χ0) is 13.7. The lowest BCUT2D eigenvalue weighted by Gasteiger charge is -2.15. The number of aryl methyl sites for hydroxylation is 1. The van der Waals surface area contributed by atoms with Gasteiger partial charge in [0.15, 0.2) is 0 Å². The van der Waals surface area contributed by atoms with Crippen molar-refractivity contribution in [3.05, 3.63) is 29.3 Å². The monoisotopic (exact) mass is 245 g/mol. The second kappa shape index (κ2) is 6.18. The average Bonchev–Trinajstić information content (AvgIpc) is 2.31. The maximum absolute atomic E-state index is 11.8. The van der Waals surface area contributed by atoms with Gasteiger partial charge in [0.1, 0.15) is 0 Å². The van der Waals surface area contributed by atoms with Gasteiger partial charge in [-0.15, -0.1) is 0 Å². The molecule has 0 saturated heterocycles. The summed E-state index contributed by atoms with van der Waals surface area (Å²) in [6, 6.07) is 7.12. The van der Waals surface area contributed by atoms with Gasteiger partial charge in [-0.3, -0.25) is 4.79 Å². The number of nitrogens with two attached hydrogens (primary N) is 1. The highest BCUT2D eigenvalue weighted by atomic mass is 16.1. The van der Waals surface area contributed by atoms with Crippen LogP contribution in [0.1, 0.15) is 31.4 Å². The summed E-state index contributed by atoms with van der Waals surface area (Å²) < 4.78 is 0. The first-order valence-electron chi connectivity index (χ1n) is 6.00. The zero-order valence-corrected chi connectivity index (χ0v) is 11.0. The SMILES string of the molecule is Cc1ccc(C#N)cc1NC(=O)CC(N)C(C)C. The minimum absolute atomic E-state index is 0.116. The van der Waals surface area contributed by atoms with Crippen molar-refractivity contribution in [1.82, 2.24) is 0 Å². The second-order valence-electron chi connectivity index (χ2n) is 4.80. The fraction of sp³-hybridized carbons (Fsp3) is 0.429. The Balaban J connectivity index is 2.73. The fourth-order valence-electron chi connectivity index (χ4n) is 1.48. The fourth-order valence-corrected chi connectivity index (χ4v) is 1.48. The summed E-state index contributed by atoms with van der Waals surface area (Å²) in [6.07, 6.45) is 0.286. The molecule has 1 unspecified atom stereocenters. The van der Waals surface area contributed by atoms with Crippen LogP contribution in [0.25, 0.3) is 0 Å². The number of nitrogens with zero attached hydrogens (tertiary/aromatic N) is 1. The minimum atomic E-state index is -0.149. The van der Waals surface area contributed by atoms with Gasteiger partial charge in [-0.25, -0.2) is 0 Å². The molecule has 0 aliphatic rings.